The molecule has 0 unspecified atom stereocenters. The van der Waals surface area contributed by atoms with E-state index in [0.717, 1.165) is 19.4 Å². The van der Waals surface area contributed by atoms with Crippen LogP contribution in [0.3, 0.4) is 0 Å². The number of nitrogens with zero attached hydrogens (tertiary/aromatic N) is 1. The summed E-state index contributed by atoms with van der Waals surface area (Å²) in [4.78, 5) is 0. The molecule has 0 aliphatic heterocycles. The quantitative estimate of drug-likeness (QED) is 0.722. The van der Waals surface area contributed by atoms with Gasteiger partial charge in [-0.05, 0) is 31.5 Å². The highest BCUT2D eigenvalue weighted by molar-refractivity contribution is 7.89. The SMILES string of the molecule is CCNCCS(=O)(=O)N(Cc1ccco1)C1CC1. The summed E-state index contributed by atoms with van der Waals surface area (Å²) in [6.45, 7) is 3.61. The van der Waals surface area contributed by atoms with Crippen molar-refractivity contribution < 1.29 is 12.8 Å². The molecule has 0 atom stereocenters. The maximum absolute atomic E-state index is 12.3. The normalized spacial score (nSPS) is 16.3. The summed E-state index contributed by atoms with van der Waals surface area (Å²) in [5.41, 5.74) is 0. The molecule has 0 aromatic carbocycles. The molecule has 1 aromatic rings. The van der Waals surface area contributed by atoms with Crippen molar-refractivity contribution >= 4 is 10.0 Å². The first-order chi connectivity index (χ1) is 8.63. The van der Waals surface area contributed by atoms with Gasteiger partial charge in [-0.15, -0.1) is 0 Å². The molecule has 1 aliphatic carbocycles. The molecule has 0 amide bonds. The van der Waals surface area contributed by atoms with Crippen molar-refractivity contribution in [2.75, 3.05) is 18.8 Å². The van der Waals surface area contributed by atoms with Gasteiger partial charge in [0.05, 0.1) is 18.6 Å². The van der Waals surface area contributed by atoms with Crippen LogP contribution in [0.25, 0.3) is 0 Å². The third-order valence-corrected chi connectivity index (χ3v) is 4.85. The third kappa shape index (κ3) is 3.57. The summed E-state index contributed by atoms with van der Waals surface area (Å²) in [5, 5.41) is 3.05. The fourth-order valence-electron chi connectivity index (χ4n) is 1.87. The minimum absolute atomic E-state index is 0.151. The number of hydrogen-bond donors (Lipinski definition) is 1. The van der Waals surface area contributed by atoms with Crippen LogP contribution in [0, 0.1) is 0 Å². The molecule has 0 radical (unpaired) electrons. The van der Waals surface area contributed by atoms with Crippen molar-refractivity contribution in [1.29, 1.82) is 0 Å². The first-order valence-electron chi connectivity index (χ1n) is 6.36. The fourth-order valence-corrected chi connectivity index (χ4v) is 3.49. The summed E-state index contributed by atoms with van der Waals surface area (Å²) >= 11 is 0. The largest absolute Gasteiger partial charge is 0.468 e. The second-order valence-corrected chi connectivity index (χ2v) is 6.57. The minimum atomic E-state index is -3.20. The van der Waals surface area contributed by atoms with Crippen LogP contribution in [0.1, 0.15) is 25.5 Å². The highest BCUT2D eigenvalue weighted by Gasteiger charge is 2.37. The Hall–Kier alpha value is -0.850. The zero-order valence-corrected chi connectivity index (χ0v) is 11.4. The van der Waals surface area contributed by atoms with Crippen molar-refractivity contribution in [1.82, 2.24) is 9.62 Å². The number of furan rings is 1. The molecule has 0 spiro atoms. The lowest BCUT2D eigenvalue weighted by atomic mass is 10.4. The van der Waals surface area contributed by atoms with Crippen molar-refractivity contribution in [3.05, 3.63) is 24.2 Å². The molecule has 0 saturated heterocycles. The minimum Gasteiger partial charge on any atom is -0.468 e. The standard InChI is InChI=1S/C12H20N2O3S/c1-2-13-7-9-18(15,16)14(11-5-6-11)10-12-4-3-8-17-12/h3-4,8,11,13H,2,5-7,9-10H2,1H3. The van der Waals surface area contributed by atoms with Gasteiger partial charge in [0.2, 0.25) is 10.0 Å². The van der Waals surface area contributed by atoms with Gasteiger partial charge in [-0.3, -0.25) is 0 Å². The number of sulfonamides is 1. The van der Waals surface area contributed by atoms with Gasteiger partial charge in [0.25, 0.3) is 0 Å². The number of hydrogen-bond acceptors (Lipinski definition) is 4. The summed E-state index contributed by atoms with van der Waals surface area (Å²) < 4.78 is 31.3. The van der Waals surface area contributed by atoms with E-state index in [4.69, 9.17) is 4.42 Å². The van der Waals surface area contributed by atoms with Gasteiger partial charge in [-0.25, -0.2) is 8.42 Å². The van der Waals surface area contributed by atoms with Crippen LogP contribution < -0.4 is 5.32 Å². The van der Waals surface area contributed by atoms with Crippen LogP contribution >= 0.6 is 0 Å². The van der Waals surface area contributed by atoms with Crippen LogP contribution in [0.2, 0.25) is 0 Å². The number of rotatable bonds is 8. The molecular weight excluding hydrogens is 252 g/mol. The molecule has 5 nitrogen and oxygen atoms in total. The Morgan fingerprint density at radius 1 is 1.50 bits per heavy atom. The monoisotopic (exact) mass is 272 g/mol. The van der Waals surface area contributed by atoms with E-state index in [9.17, 15) is 8.42 Å². The van der Waals surface area contributed by atoms with E-state index in [0.29, 0.717) is 18.8 Å². The smallest absolute Gasteiger partial charge is 0.216 e. The molecule has 1 N–H and O–H groups in total. The Morgan fingerprint density at radius 3 is 2.83 bits per heavy atom. The lowest BCUT2D eigenvalue weighted by molar-refractivity contribution is 0.356. The third-order valence-electron chi connectivity index (χ3n) is 2.99. The second-order valence-electron chi connectivity index (χ2n) is 4.53. The van der Waals surface area contributed by atoms with Gasteiger partial charge in [-0.1, -0.05) is 6.92 Å². The Balaban J connectivity index is 2.00. The molecule has 2 rings (SSSR count). The molecule has 1 aromatic heterocycles. The summed E-state index contributed by atoms with van der Waals surface area (Å²) in [6.07, 6.45) is 3.49. The van der Waals surface area contributed by atoms with Gasteiger partial charge >= 0.3 is 0 Å². The maximum atomic E-state index is 12.3. The van der Waals surface area contributed by atoms with Gasteiger partial charge in [-0.2, -0.15) is 4.31 Å². The topological polar surface area (TPSA) is 62.6 Å². The Bertz CT molecular complexity index is 452. The van der Waals surface area contributed by atoms with E-state index < -0.39 is 10.0 Å². The highest BCUT2D eigenvalue weighted by atomic mass is 32.2. The van der Waals surface area contributed by atoms with Gasteiger partial charge < -0.3 is 9.73 Å². The van der Waals surface area contributed by atoms with Crippen molar-refractivity contribution in [2.45, 2.75) is 32.4 Å². The predicted molar refractivity (Wildman–Crippen MR) is 69.6 cm³/mol. The van der Waals surface area contributed by atoms with Gasteiger partial charge in [0, 0.05) is 12.6 Å². The predicted octanol–water partition coefficient (Wildman–Crippen LogP) is 1.18. The molecule has 1 fully saturated rings. The summed E-state index contributed by atoms with van der Waals surface area (Å²) in [5.74, 6) is 0.854. The first-order valence-corrected chi connectivity index (χ1v) is 7.97. The average Bonchev–Trinajstić information content (AvgIpc) is 3.03. The Morgan fingerprint density at radius 2 is 2.28 bits per heavy atom. The maximum Gasteiger partial charge on any atom is 0.216 e. The summed E-state index contributed by atoms with van der Waals surface area (Å²) in [7, 11) is -3.20. The zero-order chi connectivity index (χ0) is 13.0. The van der Waals surface area contributed by atoms with Gasteiger partial charge in [0.1, 0.15) is 5.76 Å². The van der Waals surface area contributed by atoms with Crippen LogP contribution in [0.4, 0.5) is 0 Å². The molecule has 1 heterocycles. The zero-order valence-electron chi connectivity index (χ0n) is 10.6. The lowest BCUT2D eigenvalue weighted by Gasteiger charge is -2.20. The Kier molecular flexibility index (Phi) is 4.42. The lowest BCUT2D eigenvalue weighted by Crippen LogP contribution is -2.37. The first kappa shape index (κ1) is 13.6. The van der Waals surface area contributed by atoms with E-state index >= 15 is 0 Å². The molecule has 1 saturated carbocycles. The molecule has 1 aliphatic rings. The van der Waals surface area contributed by atoms with E-state index in [-0.39, 0.29) is 11.8 Å². The molecule has 0 bridgehead atoms. The highest BCUT2D eigenvalue weighted by Crippen LogP contribution is 2.31. The molecule has 102 valence electrons. The van der Waals surface area contributed by atoms with Gasteiger partial charge in [0.15, 0.2) is 0 Å². The fraction of sp³-hybridized carbons (Fsp3) is 0.667. The molecular formula is C12H20N2O3S. The van der Waals surface area contributed by atoms with Crippen LogP contribution in [-0.2, 0) is 16.6 Å². The molecule has 18 heavy (non-hydrogen) atoms. The van der Waals surface area contributed by atoms with E-state index in [1.165, 1.54) is 0 Å². The second kappa shape index (κ2) is 5.86. The molecule has 6 heteroatoms. The summed E-state index contributed by atoms with van der Waals surface area (Å²) in [6, 6.07) is 3.77. The van der Waals surface area contributed by atoms with E-state index in [1.54, 1.807) is 16.6 Å². The van der Waals surface area contributed by atoms with E-state index in [1.807, 2.05) is 13.0 Å². The van der Waals surface area contributed by atoms with Crippen LogP contribution in [-0.4, -0.2) is 37.6 Å². The number of nitrogens with one attached hydrogen (secondary N) is 1. The Labute approximate surface area is 108 Å². The van der Waals surface area contributed by atoms with Crippen molar-refractivity contribution in [3.8, 4) is 0 Å². The van der Waals surface area contributed by atoms with E-state index in [2.05, 4.69) is 5.32 Å². The van der Waals surface area contributed by atoms with Crippen molar-refractivity contribution in [2.24, 2.45) is 0 Å². The van der Waals surface area contributed by atoms with Crippen molar-refractivity contribution in [3.63, 3.8) is 0 Å². The van der Waals surface area contributed by atoms with Crippen LogP contribution in [0.5, 0.6) is 0 Å². The average molecular weight is 272 g/mol. The van der Waals surface area contributed by atoms with Crippen LogP contribution in [0.15, 0.2) is 22.8 Å².